The molecule has 17 heavy (non-hydrogen) atoms. The highest BCUT2D eigenvalue weighted by Gasteiger charge is 2.03. The van der Waals surface area contributed by atoms with Crippen molar-refractivity contribution in [2.45, 2.75) is 19.5 Å². The first kappa shape index (κ1) is 11.7. The van der Waals surface area contributed by atoms with Gasteiger partial charge < -0.3 is 11.1 Å². The maximum atomic E-state index is 5.65. The van der Waals surface area contributed by atoms with Gasteiger partial charge in [0.05, 0.1) is 0 Å². The van der Waals surface area contributed by atoms with Crippen LogP contribution in [0.3, 0.4) is 0 Å². The fraction of sp³-hybridized carbons (Fsp3) is 0.200. The van der Waals surface area contributed by atoms with Gasteiger partial charge >= 0.3 is 0 Å². The second-order valence-corrected chi connectivity index (χ2v) is 4.25. The molecule has 0 aliphatic heterocycles. The molecule has 0 radical (unpaired) electrons. The maximum absolute atomic E-state index is 5.65. The highest BCUT2D eigenvalue weighted by Crippen LogP contribution is 2.12. The van der Waals surface area contributed by atoms with Crippen LogP contribution in [-0.4, -0.2) is 0 Å². The summed E-state index contributed by atoms with van der Waals surface area (Å²) in [6.45, 7) is 3.03. The van der Waals surface area contributed by atoms with Crippen LogP contribution < -0.4 is 11.1 Å². The highest BCUT2D eigenvalue weighted by molar-refractivity contribution is 5.39. The standard InChI is InChI=1S/C15H18N2/c1-12(14-5-3-2-4-6-14)17-11-13-7-9-15(16)10-8-13/h2-10,12,17H,11,16H2,1H3/t12-/m0/s1. The zero-order valence-corrected chi connectivity index (χ0v) is 10.1. The van der Waals surface area contributed by atoms with E-state index in [1.165, 1.54) is 11.1 Å². The number of nitrogen functional groups attached to an aromatic ring is 1. The molecular weight excluding hydrogens is 208 g/mol. The Morgan fingerprint density at radius 2 is 1.65 bits per heavy atom. The molecule has 0 heterocycles. The quantitative estimate of drug-likeness (QED) is 0.786. The van der Waals surface area contributed by atoms with E-state index < -0.39 is 0 Å². The molecule has 0 saturated carbocycles. The lowest BCUT2D eigenvalue weighted by Gasteiger charge is -2.14. The minimum atomic E-state index is 0.355. The Labute approximate surface area is 102 Å². The fourth-order valence-electron chi connectivity index (χ4n) is 1.77. The molecule has 88 valence electrons. The van der Waals surface area contributed by atoms with Crippen molar-refractivity contribution in [2.75, 3.05) is 5.73 Å². The number of hydrogen-bond acceptors (Lipinski definition) is 2. The first-order valence-electron chi connectivity index (χ1n) is 5.88. The lowest BCUT2D eigenvalue weighted by atomic mass is 10.1. The van der Waals surface area contributed by atoms with Gasteiger partial charge in [-0.25, -0.2) is 0 Å². The fourth-order valence-corrected chi connectivity index (χ4v) is 1.77. The number of anilines is 1. The van der Waals surface area contributed by atoms with Crippen molar-refractivity contribution >= 4 is 5.69 Å². The second-order valence-electron chi connectivity index (χ2n) is 4.25. The van der Waals surface area contributed by atoms with Crippen LogP contribution in [0.5, 0.6) is 0 Å². The van der Waals surface area contributed by atoms with Gasteiger partial charge in [0.15, 0.2) is 0 Å². The monoisotopic (exact) mass is 226 g/mol. The first-order chi connectivity index (χ1) is 8.25. The summed E-state index contributed by atoms with van der Waals surface area (Å²) in [4.78, 5) is 0. The molecule has 0 amide bonds. The summed E-state index contributed by atoms with van der Waals surface area (Å²) in [5.41, 5.74) is 9.02. The lowest BCUT2D eigenvalue weighted by molar-refractivity contribution is 0.575. The normalized spacial score (nSPS) is 12.3. The van der Waals surface area contributed by atoms with Crippen LogP contribution in [0.15, 0.2) is 54.6 Å². The average molecular weight is 226 g/mol. The summed E-state index contributed by atoms with van der Waals surface area (Å²) in [5, 5.41) is 3.49. The molecule has 0 spiro atoms. The van der Waals surface area contributed by atoms with E-state index in [0.29, 0.717) is 6.04 Å². The third-order valence-corrected chi connectivity index (χ3v) is 2.89. The number of rotatable bonds is 4. The predicted octanol–water partition coefficient (Wildman–Crippen LogP) is 3.12. The van der Waals surface area contributed by atoms with Crippen molar-refractivity contribution in [3.63, 3.8) is 0 Å². The molecule has 1 atom stereocenters. The molecule has 3 N–H and O–H groups in total. The number of benzene rings is 2. The van der Waals surface area contributed by atoms with E-state index in [2.05, 4.69) is 48.6 Å². The van der Waals surface area contributed by atoms with E-state index in [4.69, 9.17) is 5.73 Å². The van der Waals surface area contributed by atoms with Crippen LogP contribution in [0.25, 0.3) is 0 Å². The summed E-state index contributed by atoms with van der Waals surface area (Å²) in [6.07, 6.45) is 0. The van der Waals surface area contributed by atoms with E-state index in [-0.39, 0.29) is 0 Å². The van der Waals surface area contributed by atoms with E-state index in [1.807, 2.05) is 18.2 Å². The summed E-state index contributed by atoms with van der Waals surface area (Å²) >= 11 is 0. The van der Waals surface area contributed by atoms with Crippen molar-refractivity contribution in [1.82, 2.24) is 5.32 Å². The summed E-state index contributed by atoms with van der Waals surface area (Å²) < 4.78 is 0. The van der Waals surface area contributed by atoms with Gasteiger partial charge in [-0.1, -0.05) is 42.5 Å². The van der Waals surface area contributed by atoms with Crippen molar-refractivity contribution in [1.29, 1.82) is 0 Å². The lowest BCUT2D eigenvalue weighted by Crippen LogP contribution is -2.17. The minimum Gasteiger partial charge on any atom is -0.399 e. The molecule has 0 bridgehead atoms. The molecule has 0 saturated heterocycles. The summed E-state index contributed by atoms with van der Waals surface area (Å²) in [6, 6.07) is 18.8. The third kappa shape index (κ3) is 3.33. The number of nitrogens with one attached hydrogen (secondary N) is 1. The molecule has 0 aliphatic carbocycles. The maximum Gasteiger partial charge on any atom is 0.0314 e. The van der Waals surface area contributed by atoms with Crippen molar-refractivity contribution in [2.24, 2.45) is 0 Å². The van der Waals surface area contributed by atoms with Crippen LogP contribution in [-0.2, 0) is 6.54 Å². The van der Waals surface area contributed by atoms with Crippen LogP contribution in [0, 0.1) is 0 Å². The SMILES string of the molecule is C[C@H](NCc1ccc(N)cc1)c1ccccc1. The van der Waals surface area contributed by atoms with Crippen LogP contribution in [0.4, 0.5) is 5.69 Å². The zero-order chi connectivity index (χ0) is 12.1. The molecule has 0 fully saturated rings. The molecule has 2 rings (SSSR count). The highest BCUT2D eigenvalue weighted by atomic mass is 14.9. The van der Waals surface area contributed by atoms with Gasteiger partial charge in [0.1, 0.15) is 0 Å². The van der Waals surface area contributed by atoms with Gasteiger partial charge in [-0.3, -0.25) is 0 Å². The van der Waals surface area contributed by atoms with Gasteiger partial charge in [0.2, 0.25) is 0 Å². The summed E-state index contributed by atoms with van der Waals surface area (Å²) in [5.74, 6) is 0. The van der Waals surface area contributed by atoms with Crippen molar-refractivity contribution in [3.8, 4) is 0 Å². The van der Waals surface area contributed by atoms with Crippen LogP contribution in [0.1, 0.15) is 24.1 Å². The Balaban J connectivity index is 1.92. The smallest absolute Gasteiger partial charge is 0.0314 e. The van der Waals surface area contributed by atoms with Crippen molar-refractivity contribution < 1.29 is 0 Å². The number of hydrogen-bond donors (Lipinski definition) is 2. The minimum absolute atomic E-state index is 0.355. The van der Waals surface area contributed by atoms with E-state index in [1.54, 1.807) is 0 Å². The Morgan fingerprint density at radius 3 is 2.29 bits per heavy atom. The first-order valence-corrected chi connectivity index (χ1v) is 5.88. The topological polar surface area (TPSA) is 38.0 Å². The van der Waals surface area contributed by atoms with Gasteiger partial charge in [0, 0.05) is 18.3 Å². The van der Waals surface area contributed by atoms with Gasteiger partial charge in [0.25, 0.3) is 0 Å². The Morgan fingerprint density at radius 1 is 1.00 bits per heavy atom. The molecule has 0 aromatic heterocycles. The third-order valence-electron chi connectivity index (χ3n) is 2.89. The summed E-state index contributed by atoms with van der Waals surface area (Å²) in [7, 11) is 0. The average Bonchev–Trinajstić information content (AvgIpc) is 2.39. The molecule has 2 aromatic carbocycles. The van der Waals surface area contributed by atoms with Crippen molar-refractivity contribution in [3.05, 3.63) is 65.7 Å². The van der Waals surface area contributed by atoms with Crippen LogP contribution in [0.2, 0.25) is 0 Å². The van der Waals surface area contributed by atoms with E-state index in [9.17, 15) is 0 Å². The molecule has 0 aliphatic rings. The predicted molar refractivity (Wildman–Crippen MR) is 72.6 cm³/mol. The zero-order valence-electron chi connectivity index (χ0n) is 10.1. The molecule has 2 heteroatoms. The van der Waals surface area contributed by atoms with Gasteiger partial charge in [-0.05, 0) is 30.2 Å². The van der Waals surface area contributed by atoms with E-state index >= 15 is 0 Å². The molecule has 2 aromatic rings. The van der Waals surface area contributed by atoms with Gasteiger partial charge in [-0.15, -0.1) is 0 Å². The Kier molecular flexibility index (Phi) is 3.78. The second kappa shape index (κ2) is 5.51. The Hall–Kier alpha value is -1.80. The van der Waals surface area contributed by atoms with Gasteiger partial charge in [-0.2, -0.15) is 0 Å². The van der Waals surface area contributed by atoms with Crippen LogP contribution >= 0.6 is 0 Å². The molecule has 0 unspecified atom stereocenters. The largest absolute Gasteiger partial charge is 0.399 e. The Bertz CT molecular complexity index is 448. The van der Waals surface area contributed by atoms with E-state index in [0.717, 1.165) is 12.2 Å². The number of nitrogens with two attached hydrogens (primary N) is 1. The molecule has 2 nitrogen and oxygen atoms in total. The molecular formula is C15H18N2.